The van der Waals surface area contributed by atoms with Gasteiger partial charge in [0.1, 0.15) is 0 Å². The van der Waals surface area contributed by atoms with Crippen molar-refractivity contribution in [3.8, 4) is 0 Å². The number of aliphatic hydroxyl groups excluding tert-OH is 1. The van der Waals surface area contributed by atoms with Crippen molar-refractivity contribution in [1.82, 2.24) is 14.5 Å². The van der Waals surface area contributed by atoms with E-state index in [1.165, 1.54) is 0 Å². The molecule has 1 aromatic carbocycles. The highest BCUT2D eigenvalue weighted by atomic mass is 16.3. The number of amides is 1. The number of para-hydroxylation sites is 2. The summed E-state index contributed by atoms with van der Waals surface area (Å²) < 4.78 is 3.47. The maximum absolute atomic E-state index is 12.7. The van der Waals surface area contributed by atoms with Gasteiger partial charge in [0.2, 0.25) is 5.91 Å². The van der Waals surface area contributed by atoms with Crippen molar-refractivity contribution in [2.75, 3.05) is 6.54 Å². The third-order valence-corrected chi connectivity index (χ3v) is 5.12. The van der Waals surface area contributed by atoms with Gasteiger partial charge in [-0.1, -0.05) is 25.5 Å². The number of aryl methyl sites for hydroxylation is 2. The van der Waals surface area contributed by atoms with Gasteiger partial charge in [0.05, 0.1) is 17.1 Å². The number of carbonyl (C=O) groups is 1. The van der Waals surface area contributed by atoms with Crippen LogP contribution in [0.2, 0.25) is 0 Å². The highest BCUT2D eigenvalue weighted by Gasteiger charge is 2.25. The molecule has 25 heavy (non-hydrogen) atoms. The van der Waals surface area contributed by atoms with Crippen LogP contribution in [0.15, 0.2) is 29.1 Å². The van der Waals surface area contributed by atoms with Crippen molar-refractivity contribution in [1.29, 1.82) is 0 Å². The molecule has 1 fully saturated rings. The lowest BCUT2D eigenvalue weighted by molar-refractivity contribution is -0.121. The van der Waals surface area contributed by atoms with Gasteiger partial charge in [0.15, 0.2) is 0 Å². The van der Waals surface area contributed by atoms with Gasteiger partial charge in [0.25, 0.3) is 0 Å². The molecule has 2 aromatic rings. The van der Waals surface area contributed by atoms with Crippen LogP contribution >= 0.6 is 0 Å². The smallest absolute Gasteiger partial charge is 0.329 e. The SMILES string of the molecule is CCCn1c(=O)n(CCC(=O)NCC2CCCC2O)c2ccccc21. The summed E-state index contributed by atoms with van der Waals surface area (Å²) in [5.41, 5.74) is 1.74. The van der Waals surface area contributed by atoms with Crippen LogP contribution in [0.3, 0.4) is 0 Å². The quantitative estimate of drug-likeness (QED) is 0.804. The van der Waals surface area contributed by atoms with E-state index >= 15 is 0 Å². The van der Waals surface area contributed by atoms with Crippen molar-refractivity contribution in [3.63, 3.8) is 0 Å². The summed E-state index contributed by atoms with van der Waals surface area (Å²) in [6.45, 7) is 3.61. The van der Waals surface area contributed by atoms with Crippen LogP contribution in [-0.4, -0.2) is 32.8 Å². The summed E-state index contributed by atoms with van der Waals surface area (Å²) >= 11 is 0. The first-order chi connectivity index (χ1) is 12.1. The van der Waals surface area contributed by atoms with Crippen LogP contribution < -0.4 is 11.0 Å². The topological polar surface area (TPSA) is 76.3 Å². The van der Waals surface area contributed by atoms with Crippen molar-refractivity contribution in [3.05, 3.63) is 34.7 Å². The summed E-state index contributed by atoms with van der Waals surface area (Å²) in [5.74, 6) is 0.0939. The summed E-state index contributed by atoms with van der Waals surface area (Å²) in [7, 11) is 0. The van der Waals surface area contributed by atoms with Gasteiger partial charge in [-0.25, -0.2) is 4.79 Å². The molecule has 0 radical (unpaired) electrons. The lowest BCUT2D eigenvalue weighted by atomic mass is 10.1. The molecule has 1 aliphatic carbocycles. The second-order valence-electron chi connectivity index (χ2n) is 6.89. The van der Waals surface area contributed by atoms with E-state index in [-0.39, 0.29) is 30.0 Å². The first-order valence-corrected chi connectivity index (χ1v) is 9.24. The molecule has 2 unspecified atom stereocenters. The number of hydrogen-bond acceptors (Lipinski definition) is 3. The number of benzene rings is 1. The van der Waals surface area contributed by atoms with Crippen molar-refractivity contribution >= 4 is 16.9 Å². The molecule has 2 atom stereocenters. The fourth-order valence-electron chi connectivity index (χ4n) is 3.73. The molecular formula is C19H27N3O3. The Morgan fingerprint density at radius 3 is 2.48 bits per heavy atom. The van der Waals surface area contributed by atoms with Gasteiger partial charge in [0, 0.05) is 32.0 Å². The first kappa shape index (κ1) is 17.7. The minimum absolute atomic E-state index is 0.0536. The zero-order valence-electron chi connectivity index (χ0n) is 14.8. The van der Waals surface area contributed by atoms with Crippen molar-refractivity contribution in [2.45, 2.75) is 58.2 Å². The molecule has 0 bridgehead atoms. The minimum atomic E-state index is -0.296. The highest BCUT2D eigenvalue weighted by molar-refractivity contribution is 5.78. The highest BCUT2D eigenvalue weighted by Crippen LogP contribution is 2.24. The number of nitrogens with zero attached hydrogens (tertiary/aromatic N) is 2. The number of nitrogens with one attached hydrogen (secondary N) is 1. The second kappa shape index (κ2) is 7.87. The normalized spacial score (nSPS) is 20.2. The fraction of sp³-hybridized carbons (Fsp3) is 0.579. The van der Waals surface area contributed by atoms with Crippen molar-refractivity contribution in [2.24, 2.45) is 5.92 Å². The average molecular weight is 345 g/mol. The predicted octanol–water partition coefficient (Wildman–Crippen LogP) is 1.88. The molecule has 136 valence electrons. The summed E-state index contributed by atoms with van der Waals surface area (Å²) in [6, 6.07) is 7.72. The van der Waals surface area contributed by atoms with Crippen LogP contribution in [0.1, 0.15) is 39.0 Å². The molecule has 1 amide bonds. The average Bonchev–Trinajstić information content (AvgIpc) is 3.14. The molecule has 2 N–H and O–H groups in total. The second-order valence-corrected chi connectivity index (χ2v) is 6.89. The summed E-state index contributed by atoms with van der Waals surface area (Å²) in [5, 5.41) is 12.7. The Hall–Kier alpha value is -2.08. The Bertz CT molecular complexity index is 793. The van der Waals surface area contributed by atoms with E-state index < -0.39 is 0 Å². The molecule has 1 aliphatic rings. The van der Waals surface area contributed by atoms with E-state index in [1.54, 1.807) is 9.13 Å². The number of hydrogen-bond donors (Lipinski definition) is 2. The fourth-order valence-corrected chi connectivity index (χ4v) is 3.73. The summed E-state index contributed by atoms with van der Waals surface area (Å²) in [4.78, 5) is 24.8. The lowest BCUT2D eigenvalue weighted by Crippen LogP contribution is -2.33. The largest absolute Gasteiger partial charge is 0.393 e. The zero-order chi connectivity index (χ0) is 17.8. The van der Waals surface area contributed by atoms with Gasteiger partial charge in [-0.15, -0.1) is 0 Å². The number of rotatable bonds is 7. The Morgan fingerprint density at radius 2 is 1.88 bits per heavy atom. The molecule has 6 heteroatoms. The number of aliphatic hydroxyl groups is 1. The Kier molecular flexibility index (Phi) is 5.58. The minimum Gasteiger partial charge on any atom is -0.393 e. The Morgan fingerprint density at radius 1 is 1.20 bits per heavy atom. The lowest BCUT2D eigenvalue weighted by Gasteiger charge is -2.15. The molecule has 1 saturated carbocycles. The number of fused-ring (bicyclic) bond motifs is 1. The summed E-state index contributed by atoms with van der Waals surface area (Å²) in [6.07, 6.45) is 3.67. The molecule has 0 spiro atoms. The predicted molar refractivity (Wildman–Crippen MR) is 97.5 cm³/mol. The van der Waals surface area contributed by atoms with Gasteiger partial charge < -0.3 is 10.4 Å². The van der Waals surface area contributed by atoms with E-state index in [9.17, 15) is 14.7 Å². The van der Waals surface area contributed by atoms with Crippen LogP contribution in [0.25, 0.3) is 11.0 Å². The third-order valence-electron chi connectivity index (χ3n) is 5.12. The monoisotopic (exact) mass is 345 g/mol. The molecular weight excluding hydrogens is 318 g/mol. The van der Waals surface area contributed by atoms with Gasteiger partial charge >= 0.3 is 5.69 Å². The van der Waals surface area contributed by atoms with Gasteiger partial charge in [-0.3, -0.25) is 13.9 Å². The van der Waals surface area contributed by atoms with Crippen molar-refractivity contribution < 1.29 is 9.90 Å². The maximum Gasteiger partial charge on any atom is 0.329 e. The van der Waals surface area contributed by atoms with Gasteiger partial charge in [-0.2, -0.15) is 0 Å². The zero-order valence-corrected chi connectivity index (χ0v) is 14.8. The molecule has 0 aliphatic heterocycles. The molecule has 6 nitrogen and oxygen atoms in total. The van der Waals surface area contributed by atoms with E-state index in [0.717, 1.165) is 36.7 Å². The first-order valence-electron chi connectivity index (χ1n) is 9.24. The molecule has 1 aromatic heterocycles. The van der Waals surface area contributed by atoms with Crippen LogP contribution in [0.4, 0.5) is 0 Å². The number of imidazole rings is 1. The van der Waals surface area contributed by atoms with Gasteiger partial charge in [-0.05, 0) is 31.4 Å². The van der Waals surface area contributed by atoms with E-state index in [0.29, 0.717) is 19.6 Å². The van der Waals surface area contributed by atoms with E-state index in [2.05, 4.69) is 5.32 Å². The molecule has 1 heterocycles. The standard InChI is InChI=1S/C19H27N3O3/c1-2-11-21-15-7-3-4-8-16(15)22(19(21)25)12-10-18(24)20-13-14-6-5-9-17(14)23/h3-4,7-8,14,17,23H,2,5-6,9-13H2,1H3,(H,20,24). The number of aromatic nitrogens is 2. The van der Waals surface area contributed by atoms with Crippen LogP contribution in [-0.2, 0) is 17.9 Å². The maximum atomic E-state index is 12.7. The Balaban J connectivity index is 1.65. The molecule has 3 rings (SSSR count). The number of carbonyl (C=O) groups excluding carboxylic acids is 1. The van der Waals surface area contributed by atoms with E-state index in [1.807, 2.05) is 31.2 Å². The van der Waals surface area contributed by atoms with Crippen LogP contribution in [0, 0.1) is 5.92 Å². The van der Waals surface area contributed by atoms with Crippen LogP contribution in [0.5, 0.6) is 0 Å². The third kappa shape index (κ3) is 3.79. The molecule has 0 saturated heterocycles. The Labute approximate surface area is 147 Å². The van der Waals surface area contributed by atoms with E-state index in [4.69, 9.17) is 0 Å².